The number of thiazole rings is 1. The van der Waals surface area contributed by atoms with Crippen molar-refractivity contribution in [3.05, 3.63) is 46.7 Å². The molecule has 0 bridgehead atoms. The molecule has 6 nitrogen and oxygen atoms in total. The van der Waals surface area contributed by atoms with Crippen LogP contribution in [0.5, 0.6) is 11.5 Å². The van der Waals surface area contributed by atoms with Crippen molar-refractivity contribution in [3.8, 4) is 22.8 Å². The fourth-order valence-electron chi connectivity index (χ4n) is 4.35. The zero-order chi connectivity index (χ0) is 21.7. The molecule has 2 aromatic heterocycles. The Morgan fingerprint density at radius 2 is 1.90 bits per heavy atom. The monoisotopic (exact) mass is 434 g/mol. The van der Waals surface area contributed by atoms with Gasteiger partial charge in [0.15, 0.2) is 17.3 Å². The molecule has 158 valence electrons. The lowest BCUT2D eigenvalue weighted by Gasteiger charge is -2.17. The number of benzene rings is 2. The summed E-state index contributed by atoms with van der Waals surface area (Å²) in [6, 6.07) is 9.68. The van der Waals surface area contributed by atoms with Crippen LogP contribution in [0.2, 0.25) is 0 Å². The topological polar surface area (TPSA) is 84.4 Å². The molecule has 0 aliphatic heterocycles. The number of Topliss-reactive ketones (excluding diaryl/α,β-unsaturated/α-hetero) is 1. The number of H-pyrrole nitrogens is 1. The van der Waals surface area contributed by atoms with Gasteiger partial charge in [-0.15, -0.1) is 11.3 Å². The van der Waals surface area contributed by atoms with E-state index in [9.17, 15) is 9.90 Å². The molecule has 0 saturated heterocycles. The van der Waals surface area contributed by atoms with Gasteiger partial charge in [0.2, 0.25) is 0 Å². The van der Waals surface area contributed by atoms with Gasteiger partial charge >= 0.3 is 0 Å². The molecular weight excluding hydrogens is 412 g/mol. The second-order valence-corrected chi connectivity index (χ2v) is 8.85. The van der Waals surface area contributed by atoms with Gasteiger partial charge in [-0.05, 0) is 43.7 Å². The summed E-state index contributed by atoms with van der Waals surface area (Å²) in [4.78, 5) is 21.2. The first kappa shape index (κ1) is 19.6. The number of methoxy groups -OCH3 is 2. The maximum Gasteiger partial charge on any atom is 0.166 e. The van der Waals surface area contributed by atoms with Crippen LogP contribution in [-0.2, 0) is 4.79 Å². The first-order valence-electron chi connectivity index (χ1n) is 10.1. The first-order chi connectivity index (χ1) is 15.0. The fourth-order valence-corrected chi connectivity index (χ4v) is 5.19. The maximum atomic E-state index is 13.0. The van der Waals surface area contributed by atoms with Crippen LogP contribution >= 0.6 is 11.3 Å². The summed E-state index contributed by atoms with van der Waals surface area (Å²) in [5.74, 6) is 1.31. The first-order valence-corrected chi connectivity index (χ1v) is 10.9. The Balaban J connectivity index is 1.89. The van der Waals surface area contributed by atoms with Gasteiger partial charge in [-0.3, -0.25) is 4.79 Å². The molecule has 0 atom stereocenters. The number of hydrogen-bond acceptors (Lipinski definition) is 6. The molecule has 0 fully saturated rings. The summed E-state index contributed by atoms with van der Waals surface area (Å²) in [6.07, 6.45) is 1.57. The molecule has 0 unspecified atom stereocenters. The van der Waals surface area contributed by atoms with Gasteiger partial charge in [0.05, 0.1) is 40.7 Å². The highest BCUT2D eigenvalue weighted by atomic mass is 32.1. The molecule has 0 saturated carbocycles. The minimum absolute atomic E-state index is 0.0460. The number of ketones is 1. The molecular formula is C24H22N2O4S. The Morgan fingerprint density at radius 1 is 1.10 bits per heavy atom. The lowest BCUT2D eigenvalue weighted by Crippen LogP contribution is -2.11. The lowest BCUT2D eigenvalue weighted by atomic mass is 9.88. The number of fused-ring (bicyclic) bond motifs is 3. The van der Waals surface area contributed by atoms with Crippen molar-refractivity contribution in [2.45, 2.75) is 26.2 Å². The highest BCUT2D eigenvalue weighted by Crippen LogP contribution is 2.44. The number of carbonyl (C=O) groups is 1. The predicted molar refractivity (Wildman–Crippen MR) is 123 cm³/mol. The van der Waals surface area contributed by atoms with Crippen molar-refractivity contribution in [1.82, 2.24) is 9.97 Å². The second kappa shape index (κ2) is 7.42. The van der Waals surface area contributed by atoms with E-state index in [0.717, 1.165) is 37.4 Å². The third kappa shape index (κ3) is 3.08. The second-order valence-electron chi connectivity index (χ2n) is 7.61. The maximum absolute atomic E-state index is 13.0. The number of aliphatic hydroxyl groups is 1. The quantitative estimate of drug-likeness (QED) is 0.424. The summed E-state index contributed by atoms with van der Waals surface area (Å²) in [7, 11) is 3.19. The van der Waals surface area contributed by atoms with Gasteiger partial charge < -0.3 is 19.6 Å². The standard InChI is InChI=1S/C24H22N2O4S/c1-12-25-24-19(31-12)10-8-14-20(24)22(21-15(27)5-4-6-16(21)28)23(26-14)13-7-9-17(29-2)18(11-13)30-3/h7-11,26-27H,4-6H2,1-3H3. The number of aromatic nitrogens is 2. The number of nitrogens with zero attached hydrogens (tertiary/aromatic N) is 1. The molecule has 1 aliphatic carbocycles. The number of hydrogen-bond donors (Lipinski definition) is 2. The molecule has 2 N–H and O–H groups in total. The molecule has 4 aromatic rings. The van der Waals surface area contributed by atoms with Crippen LogP contribution in [-0.4, -0.2) is 35.1 Å². The number of allylic oxidation sites excluding steroid dienone is 2. The lowest BCUT2D eigenvalue weighted by molar-refractivity contribution is -0.114. The molecule has 31 heavy (non-hydrogen) atoms. The zero-order valence-corrected chi connectivity index (χ0v) is 18.4. The Labute approximate surface area is 183 Å². The molecule has 7 heteroatoms. The molecule has 0 amide bonds. The molecule has 1 aliphatic rings. The fraction of sp³-hybridized carbons (Fsp3) is 0.250. The van der Waals surface area contributed by atoms with E-state index in [4.69, 9.17) is 14.5 Å². The SMILES string of the molecule is COc1ccc(-c2[nH]c3ccc4sc(C)nc4c3c2C2=C(O)CCCC2=O)cc1OC. The number of carbonyl (C=O) groups excluding carboxylic acids is 1. The van der Waals surface area contributed by atoms with E-state index in [-0.39, 0.29) is 11.5 Å². The van der Waals surface area contributed by atoms with Gasteiger partial charge in [-0.1, -0.05) is 0 Å². The Hall–Kier alpha value is -3.32. The Kier molecular flexibility index (Phi) is 4.70. The number of rotatable bonds is 4. The number of aromatic amines is 1. The van der Waals surface area contributed by atoms with Crippen LogP contribution in [0.25, 0.3) is 38.0 Å². The summed E-state index contributed by atoms with van der Waals surface area (Å²) < 4.78 is 11.9. The number of aliphatic hydroxyl groups excluding tert-OH is 1. The van der Waals surface area contributed by atoms with Crippen LogP contribution in [0.1, 0.15) is 29.8 Å². The van der Waals surface area contributed by atoms with E-state index >= 15 is 0 Å². The number of nitrogens with one attached hydrogen (secondary N) is 1. The molecule has 5 rings (SSSR count). The highest BCUT2D eigenvalue weighted by Gasteiger charge is 2.29. The van der Waals surface area contributed by atoms with Crippen molar-refractivity contribution < 1.29 is 19.4 Å². The minimum Gasteiger partial charge on any atom is -0.512 e. The van der Waals surface area contributed by atoms with Crippen molar-refractivity contribution in [1.29, 1.82) is 0 Å². The van der Waals surface area contributed by atoms with Crippen molar-refractivity contribution in [2.75, 3.05) is 14.2 Å². The Morgan fingerprint density at radius 3 is 2.65 bits per heavy atom. The van der Waals surface area contributed by atoms with E-state index < -0.39 is 0 Å². The molecule has 0 spiro atoms. The predicted octanol–water partition coefficient (Wildman–Crippen LogP) is 5.79. The van der Waals surface area contributed by atoms with E-state index in [1.165, 1.54) is 0 Å². The largest absolute Gasteiger partial charge is 0.512 e. The van der Waals surface area contributed by atoms with Gasteiger partial charge in [0.25, 0.3) is 0 Å². The van der Waals surface area contributed by atoms with E-state index in [0.29, 0.717) is 41.9 Å². The van der Waals surface area contributed by atoms with Gasteiger partial charge in [0, 0.05) is 34.9 Å². The van der Waals surface area contributed by atoms with E-state index in [1.54, 1.807) is 25.6 Å². The van der Waals surface area contributed by atoms with Gasteiger partial charge in [-0.25, -0.2) is 4.98 Å². The third-order valence-electron chi connectivity index (χ3n) is 5.73. The minimum atomic E-state index is -0.0460. The average molecular weight is 435 g/mol. The van der Waals surface area contributed by atoms with Crippen LogP contribution in [0.3, 0.4) is 0 Å². The molecule has 2 aromatic carbocycles. The van der Waals surface area contributed by atoms with Crippen LogP contribution in [0, 0.1) is 6.92 Å². The number of aryl methyl sites for hydroxylation is 1. The molecule has 0 radical (unpaired) electrons. The summed E-state index contributed by atoms with van der Waals surface area (Å²) in [6.45, 7) is 1.97. The van der Waals surface area contributed by atoms with Crippen molar-refractivity contribution in [3.63, 3.8) is 0 Å². The van der Waals surface area contributed by atoms with Crippen LogP contribution in [0.15, 0.2) is 36.1 Å². The van der Waals surface area contributed by atoms with Crippen molar-refractivity contribution >= 4 is 43.8 Å². The molecule has 2 heterocycles. The summed E-state index contributed by atoms with van der Waals surface area (Å²) in [5.41, 5.74) is 4.40. The normalized spacial score (nSPS) is 14.6. The average Bonchev–Trinajstić information content (AvgIpc) is 3.33. The number of ether oxygens (including phenoxy) is 2. The summed E-state index contributed by atoms with van der Waals surface area (Å²) >= 11 is 1.61. The van der Waals surface area contributed by atoms with Gasteiger partial charge in [0.1, 0.15) is 5.76 Å². The van der Waals surface area contributed by atoms with Crippen LogP contribution < -0.4 is 9.47 Å². The third-order valence-corrected chi connectivity index (χ3v) is 6.67. The van der Waals surface area contributed by atoms with E-state index in [1.807, 2.05) is 37.3 Å². The van der Waals surface area contributed by atoms with Crippen LogP contribution in [0.4, 0.5) is 0 Å². The smallest absolute Gasteiger partial charge is 0.166 e. The van der Waals surface area contributed by atoms with Crippen molar-refractivity contribution in [2.24, 2.45) is 0 Å². The van der Waals surface area contributed by atoms with E-state index in [2.05, 4.69) is 4.98 Å². The zero-order valence-electron chi connectivity index (χ0n) is 17.5. The van der Waals surface area contributed by atoms with Gasteiger partial charge in [-0.2, -0.15) is 0 Å². The Bertz CT molecular complexity index is 1380. The highest BCUT2D eigenvalue weighted by molar-refractivity contribution is 7.18. The summed E-state index contributed by atoms with van der Waals surface area (Å²) in [5, 5.41) is 12.6.